The van der Waals surface area contributed by atoms with Crippen molar-refractivity contribution >= 4 is 5.91 Å². The minimum Gasteiger partial charge on any atom is -0.394 e. The molecule has 1 aliphatic rings. The van der Waals surface area contributed by atoms with Gasteiger partial charge in [-0.05, 0) is 89.9 Å². The number of ether oxygens (including phenoxy) is 2. The maximum atomic E-state index is 13.2. The number of amides is 1. The normalized spacial score (nSPS) is 19.3. The maximum Gasteiger partial charge on any atom is 0.249 e. The lowest BCUT2D eigenvalue weighted by Gasteiger charge is -2.40. The van der Waals surface area contributed by atoms with Crippen molar-refractivity contribution in [2.24, 2.45) is 0 Å². The second kappa shape index (κ2) is 60.4. The highest BCUT2D eigenvalue weighted by Gasteiger charge is 2.44. The molecule has 1 heterocycles. The van der Waals surface area contributed by atoms with E-state index in [0.717, 1.165) is 44.9 Å². The van der Waals surface area contributed by atoms with Crippen LogP contribution in [0.2, 0.25) is 0 Å². The Morgan fingerprint density at radius 3 is 1.07 bits per heavy atom. The highest BCUT2D eigenvalue weighted by Crippen LogP contribution is 2.24. The molecule has 11 nitrogen and oxygen atoms in total. The number of unbranched alkanes of at least 4 members (excludes halogenated alkanes) is 42. The highest BCUT2D eigenvalue weighted by molar-refractivity contribution is 5.80. The first-order valence-corrected chi connectivity index (χ1v) is 35.5. The average Bonchev–Trinajstić information content (AvgIpc) is 3.68. The molecule has 1 rings (SSSR count). The largest absolute Gasteiger partial charge is 0.394 e. The van der Waals surface area contributed by atoms with Crippen LogP contribution in [0, 0.1) is 0 Å². The van der Waals surface area contributed by atoms with Crippen LogP contribution in [0.15, 0.2) is 48.6 Å². The molecule has 1 amide bonds. The van der Waals surface area contributed by atoms with E-state index in [4.69, 9.17) is 9.47 Å². The van der Waals surface area contributed by atoms with Gasteiger partial charge in [0, 0.05) is 0 Å². The first kappa shape index (κ1) is 79.1. The first-order chi connectivity index (χ1) is 40.7. The molecule has 83 heavy (non-hydrogen) atoms. The van der Waals surface area contributed by atoms with E-state index < -0.39 is 74.2 Å². The topological polar surface area (TPSA) is 189 Å². The molecular formula is C72H135NO10. The van der Waals surface area contributed by atoms with Gasteiger partial charge in [-0.15, -0.1) is 0 Å². The van der Waals surface area contributed by atoms with Crippen molar-refractivity contribution in [3.8, 4) is 0 Å². The summed E-state index contributed by atoms with van der Waals surface area (Å²) >= 11 is 0. The van der Waals surface area contributed by atoms with Crippen LogP contribution >= 0.6 is 0 Å². The van der Waals surface area contributed by atoms with E-state index in [1.54, 1.807) is 0 Å². The van der Waals surface area contributed by atoms with Crippen LogP contribution in [-0.2, 0) is 14.3 Å². The number of aliphatic hydroxyl groups excluding tert-OH is 7. The Morgan fingerprint density at radius 2 is 0.723 bits per heavy atom. The zero-order chi connectivity index (χ0) is 60.3. The number of hydrogen-bond donors (Lipinski definition) is 8. The van der Waals surface area contributed by atoms with Gasteiger partial charge in [0.2, 0.25) is 5.91 Å². The Kier molecular flexibility index (Phi) is 57.5. The summed E-state index contributed by atoms with van der Waals surface area (Å²) in [6.45, 7) is 3.48. The number of hydrogen-bond acceptors (Lipinski definition) is 10. The fourth-order valence-corrected chi connectivity index (χ4v) is 11.4. The molecule has 0 aromatic carbocycles. The van der Waals surface area contributed by atoms with E-state index in [2.05, 4.69) is 67.8 Å². The van der Waals surface area contributed by atoms with Crippen LogP contribution < -0.4 is 5.32 Å². The molecule has 0 aromatic heterocycles. The van der Waals surface area contributed by atoms with Crippen LogP contribution in [-0.4, -0.2) is 110 Å². The minimum absolute atomic E-state index is 0.241. The number of nitrogens with one attached hydrogen (secondary N) is 1. The second-order valence-corrected chi connectivity index (χ2v) is 24.9. The van der Waals surface area contributed by atoms with Crippen molar-refractivity contribution in [1.82, 2.24) is 5.32 Å². The van der Waals surface area contributed by atoms with Gasteiger partial charge in [-0.1, -0.05) is 294 Å². The van der Waals surface area contributed by atoms with E-state index in [0.29, 0.717) is 19.3 Å². The lowest BCUT2D eigenvalue weighted by Crippen LogP contribution is -2.60. The van der Waals surface area contributed by atoms with Crippen LogP contribution in [0.1, 0.15) is 335 Å². The highest BCUT2D eigenvalue weighted by atomic mass is 16.7. The molecular weight excluding hydrogens is 1040 g/mol. The summed E-state index contributed by atoms with van der Waals surface area (Å²) in [5, 5.41) is 76.5. The second-order valence-electron chi connectivity index (χ2n) is 24.9. The van der Waals surface area contributed by atoms with Crippen molar-refractivity contribution in [3.05, 3.63) is 48.6 Å². The summed E-state index contributed by atoms with van der Waals surface area (Å²) in [4.78, 5) is 13.2. The van der Waals surface area contributed by atoms with Crippen molar-refractivity contribution in [1.29, 1.82) is 0 Å². The van der Waals surface area contributed by atoms with Gasteiger partial charge in [0.15, 0.2) is 6.29 Å². The number of rotatable bonds is 62. The Balaban J connectivity index is 2.24. The molecule has 488 valence electrons. The van der Waals surface area contributed by atoms with E-state index >= 15 is 0 Å². The predicted molar refractivity (Wildman–Crippen MR) is 348 cm³/mol. The third-order valence-electron chi connectivity index (χ3n) is 17.1. The molecule has 0 bridgehead atoms. The monoisotopic (exact) mass is 1170 g/mol. The number of carbonyl (C=O) groups is 1. The number of carbonyl (C=O) groups excluding carboxylic acids is 1. The lowest BCUT2D eigenvalue weighted by molar-refractivity contribution is -0.303. The Morgan fingerprint density at radius 1 is 0.410 bits per heavy atom. The van der Waals surface area contributed by atoms with Crippen molar-refractivity contribution in [3.63, 3.8) is 0 Å². The average molecular weight is 1170 g/mol. The first-order valence-electron chi connectivity index (χ1n) is 35.5. The van der Waals surface area contributed by atoms with Crippen LogP contribution in [0.5, 0.6) is 0 Å². The summed E-state index contributed by atoms with van der Waals surface area (Å²) in [5.41, 5.74) is 0. The maximum absolute atomic E-state index is 13.2. The van der Waals surface area contributed by atoms with Gasteiger partial charge in [0.05, 0.1) is 25.4 Å². The molecule has 0 spiro atoms. The van der Waals surface area contributed by atoms with E-state index in [1.165, 1.54) is 244 Å². The zero-order valence-corrected chi connectivity index (χ0v) is 53.9. The molecule has 8 N–H and O–H groups in total. The van der Waals surface area contributed by atoms with Crippen molar-refractivity contribution in [2.75, 3.05) is 13.2 Å². The third kappa shape index (κ3) is 47.8. The van der Waals surface area contributed by atoms with Crippen LogP contribution in [0.3, 0.4) is 0 Å². The predicted octanol–water partition coefficient (Wildman–Crippen LogP) is 17.1. The molecule has 1 fully saturated rings. The summed E-state index contributed by atoms with van der Waals surface area (Å²) in [6, 6.07) is -1.20. The van der Waals surface area contributed by atoms with Gasteiger partial charge >= 0.3 is 0 Å². The molecule has 11 heteroatoms. The van der Waals surface area contributed by atoms with Gasteiger partial charge in [-0.25, -0.2) is 0 Å². The Hall–Kier alpha value is -1.93. The van der Waals surface area contributed by atoms with Crippen LogP contribution in [0.4, 0.5) is 0 Å². The molecule has 1 aliphatic heterocycles. The molecule has 0 saturated carbocycles. The lowest BCUT2D eigenvalue weighted by atomic mass is 9.98. The molecule has 9 atom stereocenters. The van der Waals surface area contributed by atoms with Gasteiger partial charge in [-0.3, -0.25) is 4.79 Å². The number of aliphatic hydroxyl groups is 7. The Bertz CT molecular complexity index is 1490. The van der Waals surface area contributed by atoms with E-state index in [-0.39, 0.29) is 12.8 Å². The zero-order valence-electron chi connectivity index (χ0n) is 53.9. The van der Waals surface area contributed by atoms with Gasteiger partial charge in [0.1, 0.15) is 36.6 Å². The molecule has 0 radical (unpaired) electrons. The van der Waals surface area contributed by atoms with Gasteiger partial charge < -0.3 is 50.5 Å². The van der Waals surface area contributed by atoms with Gasteiger partial charge in [0.25, 0.3) is 0 Å². The van der Waals surface area contributed by atoms with Crippen LogP contribution in [0.25, 0.3) is 0 Å². The summed E-state index contributed by atoms with van der Waals surface area (Å²) in [5.74, 6) is -0.709. The molecule has 9 unspecified atom stereocenters. The SMILES string of the molecule is CCCCCCCCCCCCCC/C=C\CCCCCCCCCCCCCCC(O)C(=O)NC(COC1OC(CO)C(O)C(O)C1O)C(O)C(O)CCC/C=C/CC/C=C/CC/C=C/CCCCCCCCCCCCCCCCC. The Labute approximate surface area is 510 Å². The molecule has 0 aromatic rings. The standard InChI is InChI=1S/C72H135NO10/c1-3-5-7-9-11-13-15-17-19-21-23-25-27-29-31-33-35-37-39-41-43-45-47-49-51-53-55-57-59-64(75)67(77)63(62-82-72-70(80)69(79)68(78)66(61-74)83-72)73-71(81)65(76)60-58-56-54-52-50-48-46-44-42-40-38-36-34-32-30-28-26-24-22-20-18-16-14-12-10-8-6-4-2/h30,32,35,37,43,45,51,53,63-70,72,74-80H,3-29,31,33-34,36,38-42,44,46-50,52,54-62H2,1-2H3,(H,73,81)/b32-30-,37-35+,45-43+,53-51+. The fraction of sp³-hybridized carbons (Fsp3) is 0.875. The minimum atomic E-state index is -1.68. The summed E-state index contributed by atoms with van der Waals surface area (Å²) < 4.78 is 11.2. The fourth-order valence-electron chi connectivity index (χ4n) is 11.4. The van der Waals surface area contributed by atoms with Gasteiger partial charge in [-0.2, -0.15) is 0 Å². The summed E-state index contributed by atoms with van der Waals surface area (Å²) in [6.07, 6.45) is 67.7. The van der Waals surface area contributed by atoms with E-state index in [9.17, 15) is 40.5 Å². The van der Waals surface area contributed by atoms with Crippen molar-refractivity contribution in [2.45, 2.75) is 390 Å². The quantitative estimate of drug-likeness (QED) is 0.0215. The number of allylic oxidation sites excluding steroid dienone is 8. The molecule has 1 saturated heterocycles. The summed E-state index contributed by atoms with van der Waals surface area (Å²) in [7, 11) is 0. The van der Waals surface area contributed by atoms with Crippen molar-refractivity contribution < 1.29 is 50.0 Å². The smallest absolute Gasteiger partial charge is 0.249 e. The third-order valence-corrected chi connectivity index (χ3v) is 17.1. The molecule has 0 aliphatic carbocycles. The van der Waals surface area contributed by atoms with E-state index in [1.807, 2.05) is 0 Å².